The zero-order valence-electron chi connectivity index (χ0n) is 12.8. The van der Waals surface area contributed by atoms with E-state index in [9.17, 15) is 14.7 Å². The van der Waals surface area contributed by atoms with Crippen molar-refractivity contribution in [1.82, 2.24) is 9.55 Å². The lowest BCUT2D eigenvalue weighted by molar-refractivity contribution is -0.0995. The topological polar surface area (TPSA) is 93.6 Å². The van der Waals surface area contributed by atoms with Crippen LogP contribution in [0.25, 0.3) is 0 Å². The summed E-state index contributed by atoms with van der Waals surface area (Å²) in [4.78, 5) is 25.4. The number of rotatable bonds is 3. The van der Waals surface area contributed by atoms with Crippen molar-refractivity contribution in [3.63, 3.8) is 0 Å². The van der Waals surface area contributed by atoms with Crippen molar-refractivity contribution < 1.29 is 14.6 Å². The molecule has 1 fully saturated rings. The molecule has 0 spiro atoms. The van der Waals surface area contributed by atoms with Crippen molar-refractivity contribution in [2.45, 2.75) is 58.2 Å². The van der Waals surface area contributed by atoms with E-state index in [1.54, 1.807) is 6.92 Å². The second-order valence-electron chi connectivity index (χ2n) is 6.33. The van der Waals surface area contributed by atoms with Crippen LogP contribution in [0.2, 0.25) is 0 Å². The van der Waals surface area contributed by atoms with Gasteiger partial charge in [0.15, 0.2) is 0 Å². The summed E-state index contributed by atoms with van der Waals surface area (Å²) >= 11 is 0. The largest absolute Gasteiger partial charge is 0.390 e. The van der Waals surface area contributed by atoms with E-state index in [1.807, 2.05) is 20.8 Å². The van der Waals surface area contributed by atoms with Gasteiger partial charge in [-0.2, -0.15) is 0 Å². The van der Waals surface area contributed by atoms with Gasteiger partial charge in [-0.3, -0.25) is 14.3 Å². The Labute approximate surface area is 122 Å². The fourth-order valence-corrected chi connectivity index (χ4v) is 2.17. The van der Waals surface area contributed by atoms with E-state index >= 15 is 0 Å². The Morgan fingerprint density at radius 1 is 1.48 bits per heavy atom. The molecule has 3 atom stereocenters. The maximum Gasteiger partial charge on any atom is 0.330 e. The lowest BCUT2D eigenvalue weighted by Gasteiger charge is -2.23. The predicted octanol–water partition coefficient (Wildman–Crippen LogP) is 0.309. The lowest BCUT2D eigenvalue weighted by atomic mass is 10.1. The van der Waals surface area contributed by atoms with Crippen LogP contribution in [-0.2, 0) is 9.47 Å². The standard InChI is InChI=1S/C14H22N2O5/c1-8-6-16(13(19)15-12(8)18)11-5-9(17)10(21-11)7-20-14(2,3)4/h6,9-11,17H,5,7H2,1-4H3,(H,15,18,19)/t9?,10-,11-/m1/s1. The number of H-pyrrole nitrogens is 1. The van der Waals surface area contributed by atoms with Gasteiger partial charge in [0, 0.05) is 18.2 Å². The van der Waals surface area contributed by atoms with E-state index in [0.717, 1.165) is 0 Å². The van der Waals surface area contributed by atoms with E-state index in [4.69, 9.17) is 9.47 Å². The van der Waals surface area contributed by atoms with E-state index in [1.165, 1.54) is 10.8 Å². The van der Waals surface area contributed by atoms with Gasteiger partial charge in [-0.1, -0.05) is 0 Å². The number of nitrogens with one attached hydrogen (secondary N) is 1. The Morgan fingerprint density at radius 2 is 2.14 bits per heavy atom. The first-order valence-electron chi connectivity index (χ1n) is 6.97. The smallest absolute Gasteiger partial charge is 0.330 e. The van der Waals surface area contributed by atoms with Crippen LogP contribution in [0.3, 0.4) is 0 Å². The summed E-state index contributed by atoms with van der Waals surface area (Å²) in [5.41, 5.74) is -0.864. The monoisotopic (exact) mass is 298 g/mol. The highest BCUT2D eigenvalue weighted by Gasteiger charge is 2.36. The van der Waals surface area contributed by atoms with Gasteiger partial charge in [0.1, 0.15) is 12.3 Å². The number of ether oxygens (including phenoxy) is 2. The molecule has 2 heterocycles. The van der Waals surface area contributed by atoms with E-state index in [0.29, 0.717) is 5.56 Å². The number of hydrogen-bond donors (Lipinski definition) is 2. The van der Waals surface area contributed by atoms with Crippen LogP contribution in [0.15, 0.2) is 15.8 Å². The second kappa shape index (κ2) is 5.75. The number of hydrogen-bond acceptors (Lipinski definition) is 5. The molecule has 7 heteroatoms. The highest BCUT2D eigenvalue weighted by Crippen LogP contribution is 2.28. The minimum atomic E-state index is -0.712. The van der Waals surface area contributed by atoms with E-state index in [2.05, 4.69) is 4.98 Å². The summed E-state index contributed by atoms with van der Waals surface area (Å²) in [5.74, 6) is 0. The Balaban J connectivity index is 2.12. The number of aryl methyl sites for hydroxylation is 1. The van der Waals surface area contributed by atoms with Crippen molar-refractivity contribution in [3.8, 4) is 0 Å². The summed E-state index contributed by atoms with van der Waals surface area (Å²) in [6, 6.07) is 0. The van der Waals surface area contributed by atoms with Crippen LogP contribution < -0.4 is 11.2 Å². The fourth-order valence-electron chi connectivity index (χ4n) is 2.17. The molecule has 2 rings (SSSR count). The summed E-state index contributed by atoms with van der Waals surface area (Å²) in [7, 11) is 0. The van der Waals surface area contributed by atoms with Gasteiger partial charge in [-0.25, -0.2) is 4.79 Å². The SMILES string of the molecule is Cc1cn([C@H]2CC(O)[C@@H](COC(C)(C)C)O2)c(=O)[nH]c1=O. The summed E-state index contributed by atoms with van der Waals surface area (Å²) in [6.45, 7) is 7.61. The zero-order chi connectivity index (χ0) is 15.8. The number of aliphatic hydroxyl groups excluding tert-OH is 1. The Morgan fingerprint density at radius 3 is 2.76 bits per heavy atom. The van der Waals surface area contributed by atoms with Crippen LogP contribution >= 0.6 is 0 Å². The molecule has 1 saturated heterocycles. The molecule has 0 aromatic carbocycles. The number of aliphatic hydroxyl groups is 1. The zero-order valence-corrected chi connectivity index (χ0v) is 12.8. The molecule has 7 nitrogen and oxygen atoms in total. The van der Waals surface area contributed by atoms with Gasteiger partial charge in [-0.05, 0) is 27.7 Å². The summed E-state index contributed by atoms with van der Waals surface area (Å²) in [6.07, 6.45) is -0.0729. The quantitative estimate of drug-likeness (QED) is 0.837. The van der Waals surface area contributed by atoms with Gasteiger partial charge < -0.3 is 14.6 Å². The van der Waals surface area contributed by atoms with Crippen molar-refractivity contribution in [2.24, 2.45) is 0 Å². The molecule has 2 N–H and O–H groups in total. The summed E-state index contributed by atoms with van der Waals surface area (Å²) < 4.78 is 12.6. The van der Waals surface area contributed by atoms with Crippen LogP contribution in [-0.4, -0.2) is 39.1 Å². The van der Waals surface area contributed by atoms with Gasteiger partial charge in [0.25, 0.3) is 5.56 Å². The third-order valence-corrected chi connectivity index (χ3v) is 3.34. The lowest BCUT2D eigenvalue weighted by Crippen LogP contribution is -2.34. The maximum absolute atomic E-state index is 11.8. The minimum Gasteiger partial charge on any atom is -0.390 e. The molecule has 118 valence electrons. The predicted molar refractivity (Wildman–Crippen MR) is 76.3 cm³/mol. The number of aromatic amines is 1. The van der Waals surface area contributed by atoms with Gasteiger partial charge >= 0.3 is 5.69 Å². The molecule has 0 saturated carbocycles. The highest BCUT2D eigenvalue weighted by atomic mass is 16.6. The van der Waals surface area contributed by atoms with Crippen LogP contribution in [0.1, 0.15) is 39.0 Å². The Hall–Kier alpha value is -1.44. The van der Waals surface area contributed by atoms with Crippen LogP contribution in [0, 0.1) is 6.92 Å². The molecule has 0 bridgehead atoms. The van der Waals surface area contributed by atoms with Crippen molar-refractivity contribution in [2.75, 3.05) is 6.61 Å². The second-order valence-corrected chi connectivity index (χ2v) is 6.33. The first-order chi connectivity index (χ1) is 9.67. The molecule has 1 unspecified atom stereocenters. The molecule has 1 aliphatic heterocycles. The number of nitrogens with zero attached hydrogens (tertiary/aromatic N) is 1. The van der Waals surface area contributed by atoms with E-state index < -0.39 is 29.7 Å². The molecule has 0 amide bonds. The molecule has 21 heavy (non-hydrogen) atoms. The molecule has 1 aliphatic rings. The molecular weight excluding hydrogens is 276 g/mol. The molecule has 0 radical (unpaired) electrons. The fraction of sp³-hybridized carbons (Fsp3) is 0.714. The highest BCUT2D eigenvalue weighted by molar-refractivity contribution is 5.02. The summed E-state index contributed by atoms with van der Waals surface area (Å²) in [5, 5.41) is 10.0. The number of aromatic nitrogens is 2. The molecule has 1 aromatic rings. The minimum absolute atomic E-state index is 0.248. The van der Waals surface area contributed by atoms with E-state index in [-0.39, 0.29) is 18.6 Å². The van der Waals surface area contributed by atoms with Crippen molar-refractivity contribution in [1.29, 1.82) is 0 Å². The molecule has 0 aliphatic carbocycles. The van der Waals surface area contributed by atoms with Gasteiger partial charge in [0.05, 0.1) is 18.3 Å². The van der Waals surface area contributed by atoms with Crippen LogP contribution in [0.5, 0.6) is 0 Å². The molecular formula is C14H22N2O5. The van der Waals surface area contributed by atoms with Crippen molar-refractivity contribution in [3.05, 3.63) is 32.6 Å². The third kappa shape index (κ3) is 3.81. The average Bonchev–Trinajstić information content (AvgIpc) is 2.72. The van der Waals surface area contributed by atoms with Crippen molar-refractivity contribution >= 4 is 0 Å². The van der Waals surface area contributed by atoms with Gasteiger partial charge in [0.2, 0.25) is 0 Å². The first-order valence-corrected chi connectivity index (χ1v) is 6.97. The van der Waals surface area contributed by atoms with Crippen LogP contribution in [0.4, 0.5) is 0 Å². The normalized spacial score (nSPS) is 26.2. The first kappa shape index (κ1) is 15.9. The average molecular weight is 298 g/mol. The Kier molecular flexibility index (Phi) is 4.36. The van der Waals surface area contributed by atoms with Gasteiger partial charge in [-0.15, -0.1) is 0 Å². The maximum atomic E-state index is 11.8. The molecule has 1 aromatic heterocycles. The third-order valence-electron chi connectivity index (χ3n) is 3.34. The Bertz CT molecular complexity index is 613.